The number of pyridine rings is 1. The lowest BCUT2D eigenvalue weighted by atomic mass is 10.1. The van der Waals surface area contributed by atoms with Crippen molar-refractivity contribution in [2.45, 2.75) is 26.8 Å². The van der Waals surface area contributed by atoms with Gasteiger partial charge in [0.2, 0.25) is 5.95 Å². The summed E-state index contributed by atoms with van der Waals surface area (Å²) in [5.74, 6) is -0.853. The second-order valence-corrected chi connectivity index (χ2v) is 7.39. The Morgan fingerprint density at radius 3 is 2.62 bits per heavy atom. The molecule has 0 saturated heterocycles. The molecule has 4 rings (SSSR count). The number of ether oxygens (including phenoxy) is 1. The SMILES string of the molecule is COC(=O)c1ccnc(Nc2ncc(F)c(-c3cc(F)c4nc(C)n(C(C)C)c4c3)n2)c1. The van der Waals surface area contributed by atoms with Gasteiger partial charge in [-0.1, -0.05) is 0 Å². The second-order valence-electron chi connectivity index (χ2n) is 7.39. The number of fused-ring (bicyclic) bond motifs is 1. The number of rotatable bonds is 5. The minimum Gasteiger partial charge on any atom is -0.465 e. The van der Waals surface area contributed by atoms with Crippen LogP contribution in [0.3, 0.4) is 0 Å². The number of carbonyl (C=O) groups excluding carboxylic acids is 1. The van der Waals surface area contributed by atoms with Gasteiger partial charge in [0.25, 0.3) is 0 Å². The van der Waals surface area contributed by atoms with Crippen molar-refractivity contribution in [2.24, 2.45) is 0 Å². The molecule has 3 aromatic heterocycles. The van der Waals surface area contributed by atoms with Crippen LogP contribution in [0.25, 0.3) is 22.3 Å². The zero-order valence-electron chi connectivity index (χ0n) is 17.8. The Kier molecular flexibility index (Phi) is 5.52. The largest absolute Gasteiger partial charge is 0.465 e. The van der Waals surface area contributed by atoms with E-state index in [4.69, 9.17) is 4.74 Å². The predicted octanol–water partition coefficient (Wildman–Crippen LogP) is 4.59. The Morgan fingerprint density at radius 1 is 1.12 bits per heavy atom. The summed E-state index contributed by atoms with van der Waals surface area (Å²) in [6.07, 6.45) is 2.40. The van der Waals surface area contributed by atoms with E-state index < -0.39 is 17.6 Å². The highest BCUT2D eigenvalue weighted by molar-refractivity contribution is 5.90. The molecule has 1 aromatic carbocycles. The van der Waals surface area contributed by atoms with Gasteiger partial charge in [-0.25, -0.2) is 33.5 Å². The molecule has 0 radical (unpaired) electrons. The maximum absolute atomic E-state index is 14.8. The summed E-state index contributed by atoms with van der Waals surface area (Å²) in [5, 5.41) is 2.83. The highest BCUT2D eigenvalue weighted by atomic mass is 19.1. The molecule has 0 unspecified atom stereocenters. The van der Waals surface area contributed by atoms with Crippen molar-refractivity contribution in [3.05, 3.63) is 59.7 Å². The van der Waals surface area contributed by atoms with Crippen molar-refractivity contribution >= 4 is 28.8 Å². The number of halogens is 2. The van der Waals surface area contributed by atoms with Gasteiger partial charge in [0.05, 0.1) is 24.4 Å². The van der Waals surface area contributed by atoms with Crippen molar-refractivity contribution in [3.63, 3.8) is 0 Å². The number of anilines is 2. The summed E-state index contributed by atoms with van der Waals surface area (Å²) in [4.78, 5) is 28.3. The minimum atomic E-state index is -0.710. The molecule has 1 N–H and O–H groups in total. The van der Waals surface area contributed by atoms with Crippen LogP contribution in [0.15, 0.2) is 36.7 Å². The molecule has 0 amide bonds. The average molecular weight is 438 g/mol. The van der Waals surface area contributed by atoms with E-state index in [1.165, 1.54) is 31.5 Å². The predicted molar refractivity (Wildman–Crippen MR) is 115 cm³/mol. The van der Waals surface area contributed by atoms with Gasteiger partial charge < -0.3 is 14.6 Å². The molecule has 8 nitrogen and oxygen atoms in total. The van der Waals surface area contributed by atoms with E-state index in [0.717, 1.165) is 6.20 Å². The van der Waals surface area contributed by atoms with E-state index in [1.807, 2.05) is 18.4 Å². The first-order chi connectivity index (χ1) is 15.3. The summed E-state index contributed by atoms with van der Waals surface area (Å²) >= 11 is 0. The third kappa shape index (κ3) is 3.86. The number of nitrogens with zero attached hydrogens (tertiary/aromatic N) is 5. The number of imidazole rings is 1. The average Bonchev–Trinajstić information content (AvgIpc) is 3.11. The van der Waals surface area contributed by atoms with E-state index in [0.29, 0.717) is 11.3 Å². The Bertz CT molecular complexity index is 1340. The zero-order valence-corrected chi connectivity index (χ0v) is 17.8. The fourth-order valence-corrected chi connectivity index (χ4v) is 3.55. The van der Waals surface area contributed by atoms with E-state index in [1.54, 1.807) is 13.0 Å². The maximum atomic E-state index is 14.8. The third-order valence-electron chi connectivity index (χ3n) is 4.88. The molecule has 164 valence electrons. The third-order valence-corrected chi connectivity index (χ3v) is 4.88. The van der Waals surface area contributed by atoms with Crippen LogP contribution in [-0.4, -0.2) is 37.6 Å². The number of esters is 1. The molecule has 0 saturated carbocycles. The first-order valence-electron chi connectivity index (χ1n) is 9.81. The van der Waals surface area contributed by atoms with E-state index >= 15 is 0 Å². The van der Waals surface area contributed by atoms with Crippen LogP contribution in [-0.2, 0) is 4.74 Å². The Morgan fingerprint density at radius 2 is 1.91 bits per heavy atom. The van der Waals surface area contributed by atoms with Crippen molar-refractivity contribution in [1.29, 1.82) is 0 Å². The molecule has 0 aliphatic rings. The molecule has 3 heterocycles. The maximum Gasteiger partial charge on any atom is 0.338 e. The lowest BCUT2D eigenvalue weighted by Crippen LogP contribution is -2.05. The van der Waals surface area contributed by atoms with Crippen LogP contribution in [0, 0.1) is 18.6 Å². The van der Waals surface area contributed by atoms with Crippen molar-refractivity contribution in [1.82, 2.24) is 24.5 Å². The number of methoxy groups -OCH3 is 1. The van der Waals surface area contributed by atoms with Crippen LogP contribution in [0.5, 0.6) is 0 Å². The Balaban J connectivity index is 1.76. The molecular formula is C22H20F2N6O2. The van der Waals surface area contributed by atoms with Gasteiger partial charge in [-0.05, 0) is 45.0 Å². The van der Waals surface area contributed by atoms with Crippen molar-refractivity contribution in [2.75, 3.05) is 12.4 Å². The Hall–Kier alpha value is -3.95. The molecule has 0 aliphatic carbocycles. The van der Waals surface area contributed by atoms with Crippen LogP contribution >= 0.6 is 0 Å². The van der Waals surface area contributed by atoms with E-state index in [-0.39, 0.29) is 40.1 Å². The van der Waals surface area contributed by atoms with Crippen molar-refractivity contribution < 1.29 is 18.3 Å². The number of hydrogen-bond acceptors (Lipinski definition) is 7. The van der Waals surface area contributed by atoms with E-state index in [9.17, 15) is 13.6 Å². The van der Waals surface area contributed by atoms with Gasteiger partial charge in [-0.15, -0.1) is 0 Å². The summed E-state index contributed by atoms with van der Waals surface area (Å²) in [6, 6.07) is 5.84. The van der Waals surface area contributed by atoms with Crippen LogP contribution < -0.4 is 5.32 Å². The normalized spacial score (nSPS) is 11.2. The topological polar surface area (TPSA) is 94.8 Å². The highest BCUT2D eigenvalue weighted by Gasteiger charge is 2.18. The number of aromatic nitrogens is 5. The van der Waals surface area contributed by atoms with Gasteiger partial charge in [0, 0.05) is 17.8 Å². The second kappa shape index (κ2) is 8.29. The Labute approximate surface area is 182 Å². The minimum absolute atomic E-state index is 0.0324. The van der Waals surface area contributed by atoms with Gasteiger partial charge in [0.15, 0.2) is 11.6 Å². The molecule has 0 spiro atoms. The van der Waals surface area contributed by atoms with Gasteiger partial charge in [0.1, 0.15) is 22.9 Å². The molecule has 10 heteroatoms. The lowest BCUT2D eigenvalue weighted by Gasteiger charge is -2.12. The van der Waals surface area contributed by atoms with Crippen LogP contribution in [0.4, 0.5) is 20.5 Å². The monoisotopic (exact) mass is 438 g/mol. The summed E-state index contributed by atoms with van der Waals surface area (Å²) in [5.41, 5.74) is 1.21. The van der Waals surface area contributed by atoms with Gasteiger partial charge in [-0.3, -0.25) is 0 Å². The number of carbonyl (C=O) groups is 1. The van der Waals surface area contributed by atoms with E-state index in [2.05, 4.69) is 25.3 Å². The number of benzene rings is 1. The molecule has 4 aromatic rings. The summed E-state index contributed by atoms with van der Waals surface area (Å²) in [6.45, 7) is 5.71. The smallest absolute Gasteiger partial charge is 0.338 e. The van der Waals surface area contributed by atoms with Gasteiger partial charge in [-0.2, -0.15) is 0 Å². The van der Waals surface area contributed by atoms with Gasteiger partial charge >= 0.3 is 5.97 Å². The molecule has 32 heavy (non-hydrogen) atoms. The molecular weight excluding hydrogens is 418 g/mol. The number of aryl methyl sites for hydroxylation is 1. The molecule has 0 aliphatic heterocycles. The molecule has 0 fully saturated rings. The quantitative estimate of drug-likeness (QED) is 0.456. The lowest BCUT2D eigenvalue weighted by molar-refractivity contribution is 0.0600. The fraction of sp³-hybridized carbons (Fsp3) is 0.227. The molecule has 0 bridgehead atoms. The highest BCUT2D eigenvalue weighted by Crippen LogP contribution is 2.30. The fourth-order valence-electron chi connectivity index (χ4n) is 3.55. The zero-order chi connectivity index (χ0) is 23.0. The first-order valence-corrected chi connectivity index (χ1v) is 9.81. The summed E-state index contributed by atoms with van der Waals surface area (Å²) < 4.78 is 36.0. The number of nitrogens with one attached hydrogen (secondary N) is 1. The standard InChI is InChI=1S/C22H20F2N6O2/c1-11(2)30-12(3)27-20-15(23)7-14(8-17(20)30)19-16(24)10-26-22(29-19)28-18-9-13(5-6-25-18)21(31)32-4/h5-11H,1-4H3,(H,25,26,28,29). The van der Waals surface area contributed by atoms with Crippen molar-refractivity contribution in [3.8, 4) is 11.3 Å². The number of hydrogen-bond donors (Lipinski definition) is 1. The summed E-state index contributed by atoms with van der Waals surface area (Å²) in [7, 11) is 1.27. The van der Waals surface area contributed by atoms with Crippen LogP contribution in [0.2, 0.25) is 0 Å². The van der Waals surface area contributed by atoms with Crippen LogP contribution in [0.1, 0.15) is 36.1 Å². The first kappa shape index (κ1) is 21.3. The molecule has 0 atom stereocenters.